The highest BCUT2D eigenvalue weighted by Crippen LogP contribution is 2.22. The zero-order valence-electron chi connectivity index (χ0n) is 9.26. The molecule has 2 heterocycles. The lowest BCUT2D eigenvalue weighted by Gasteiger charge is -2.23. The van der Waals surface area contributed by atoms with Gasteiger partial charge in [0.25, 0.3) is 0 Å². The molecule has 2 rings (SSSR count). The molecule has 17 heavy (non-hydrogen) atoms. The molecule has 0 aromatic carbocycles. The predicted molar refractivity (Wildman–Crippen MR) is 63.2 cm³/mol. The van der Waals surface area contributed by atoms with E-state index in [2.05, 4.69) is 5.32 Å². The molecule has 1 saturated heterocycles. The van der Waals surface area contributed by atoms with Crippen LogP contribution in [0.4, 0.5) is 5.00 Å². The van der Waals surface area contributed by atoms with Gasteiger partial charge in [0.15, 0.2) is 0 Å². The van der Waals surface area contributed by atoms with E-state index in [0.29, 0.717) is 32.9 Å². The first-order valence-electron chi connectivity index (χ1n) is 5.37. The number of nitrogens with one attached hydrogen (secondary N) is 1. The van der Waals surface area contributed by atoms with Gasteiger partial charge in [0, 0.05) is 24.5 Å². The Bertz CT molecular complexity index is 376. The van der Waals surface area contributed by atoms with E-state index in [0.717, 1.165) is 16.9 Å². The molecule has 0 aliphatic carbocycles. The fraction of sp³-hybridized carbons (Fsp3) is 0.600. The number of nitro groups is 1. The van der Waals surface area contributed by atoms with E-state index in [-0.39, 0.29) is 16.0 Å². The Morgan fingerprint density at radius 3 is 3.12 bits per heavy atom. The maximum atomic E-state index is 10.5. The van der Waals surface area contributed by atoms with Crippen molar-refractivity contribution in [3.8, 4) is 0 Å². The minimum Gasteiger partial charge on any atom is -0.376 e. The van der Waals surface area contributed by atoms with Crippen molar-refractivity contribution < 1.29 is 14.4 Å². The van der Waals surface area contributed by atoms with Gasteiger partial charge in [-0.15, -0.1) is 0 Å². The zero-order chi connectivity index (χ0) is 12.1. The molecule has 1 unspecified atom stereocenters. The lowest BCUT2D eigenvalue weighted by molar-refractivity contribution is -0.380. The standard InChI is InChI=1S/C10H14N2O4S/c13-12(14)10-3-8(7-17-10)4-11-5-9-6-15-1-2-16-9/h3,7,9,11H,1-2,4-6H2. The van der Waals surface area contributed by atoms with Crippen LogP contribution in [0.1, 0.15) is 5.56 Å². The smallest absolute Gasteiger partial charge is 0.324 e. The molecule has 7 heteroatoms. The van der Waals surface area contributed by atoms with Gasteiger partial charge >= 0.3 is 5.00 Å². The van der Waals surface area contributed by atoms with Gasteiger partial charge < -0.3 is 14.8 Å². The summed E-state index contributed by atoms with van der Waals surface area (Å²) in [6.45, 7) is 3.22. The number of ether oxygens (including phenoxy) is 2. The summed E-state index contributed by atoms with van der Waals surface area (Å²) in [7, 11) is 0. The van der Waals surface area contributed by atoms with Crippen LogP contribution in [0.15, 0.2) is 11.4 Å². The molecule has 0 radical (unpaired) electrons. The van der Waals surface area contributed by atoms with E-state index in [1.54, 1.807) is 11.4 Å². The Hall–Kier alpha value is -1.02. The summed E-state index contributed by atoms with van der Waals surface area (Å²) in [5.41, 5.74) is 0.929. The fourth-order valence-corrected chi connectivity index (χ4v) is 2.31. The van der Waals surface area contributed by atoms with Gasteiger partial charge in [-0.3, -0.25) is 10.1 Å². The van der Waals surface area contributed by atoms with E-state index < -0.39 is 0 Å². The molecule has 6 nitrogen and oxygen atoms in total. The predicted octanol–water partition coefficient (Wildman–Crippen LogP) is 1.16. The third-order valence-electron chi connectivity index (χ3n) is 2.41. The highest BCUT2D eigenvalue weighted by Gasteiger charge is 2.14. The summed E-state index contributed by atoms with van der Waals surface area (Å²) >= 11 is 1.15. The fourth-order valence-electron chi connectivity index (χ4n) is 1.58. The third kappa shape index (κ3) is 3.74. The molecule has 1 aromatic heterocycles. The second kappa shape index (κ2) is 6.06. The topological polar surface area (TPSA) is 73.6 Å². The van der Waals surface area contributed by atoms with Crippen LogP contribution in [-0.4, -0.2) is 37.4 Å². The molecule has 94 valence electrons. The monoisotopic (exact) mass is 258 g/mol. The van der Waals surface area contributed by atoms with Gasteiger partial charge in [0.1, 0.15) is 0 Å². The van der Waals surface area contributed by atoms with Crippen LogP contribution >= 0.6 is 11.3 Å². The van der Waals surface area contributed by atoms with E-state index >= 15 is 0 Å². The molecule has 1 aromatic rings. The van der Waals surface area contributed by atoms with Crippen molar-refractivity contribution in [3.05, 3.63) is 27.1 Å². The third-order valence-corrected chi connectivity index (χ3v) is 3.33. The Balaban J connectivity index is 1.71. The lowest BCUT2D eigenvalue weighted by atomic mass is 10.3. The largest absolute Gasteiger partial charge is 0.376 e. The second-order valence-corrected chi connectivity index (χ2v) is 4.64. The van der Waals surface area contributed by atoms with E-state index in [9.17, 15) is 10.1 Å². The highest BCUT2D eigenvalue weighted by atomic mass is 32.1. The molecule has 1 fully saturated rings. The number of hydrogen-bond donors (Lipinski definition) is 1. The molecule has 0 amide bonds. The van der Waals surface area contributed by atoms with Crippen molar-refractivity contribution in [2.24, 2.45) is 0 Å². The lowest BCUT2D eigenvalue weighted by Crippen LogP contribution is -2.37. The average Bonchev–Trinajstić information content (AvgIpc) is 2.79. The first-order valence-corrected chi connectivity index (χ1v) is 6.25. The summed E-state index contributed by atoms with van der Waals surface area (Å²) in [5, 5.41) is 15.7. The van der Waals surface area contributed by atoms with Crippen molar-refractivity contribution in [1.82, 2.24) is 5.32 Å². The van der Waals surface area contributed by atoms with Crippen LogP contribution in [0.25, 0.3) is 0 Å². The van der Waals surface area contributed by atoms with Gasteiger partial charge in [0.2, 0.25) is 0 Å². The van der Waals surface area contributed by atoms with Crippen molar-refractivity contribution in [1.29, 1.82) is 0 Å². The second-order valence-electron chi connectivity index (χ2n) is 3.75. The number of hydrogen-bond acceptors (Lipinski definition) is 6. The molecule has 1 atom stereocenters. The Morgan fingerprint density at radius 2 is 2.47 bits per heavy atom. The number of thiophene rings is 1. The summed E-state index contributed by atoms with van der Waals surface area (Å²) in [6, 6.07) is 1.59. The van der Waals surface area contributed by atoms with Crippen molar-refractivity contribution in [2.45, 2.75) is 12.6 Å². The quantitative estimate of drug-likeness (QED) is 0.633. The van der Waals surface area contributed by atoms with Gasteiger partial charge in [-0.2, -0.15) is 0 Å². The molecular formula is C10H14N2O4S. The van der Waals surface area contributed by atoms with Crippen LogP contribution in [-0.2, 0) is 16.0 Å². The maximum absolute atomic E-state index is 10.5. The van der Waals surface area contributed by atoms with E-state index in [1.165, 1.54) is 0 Å². The summed E-state index contributed by atoms with van der Waals surface area (Å²) in [5.74, 6) is 0. The number of nitrogens with zero attached hydrogens (tertiary/aromatic N) is 1. The molecule has 0 saturated carbocycles. The van der Waals surface area contributed by atoms with Crippen molar-refractivity contribution >= 4 is 16.3 Å². The number of rotatable bonds is 5. The summed E-state index contributed by atoms with van der Waals surface area (Å²) in [6.07, 6.45) is 0.0809. The molecule has 1 N–H and O–H groups in total. The van der Waals surface area contributed by atoms with Gasteiger partial charge in [-0.05, 0) is 5.56 Å². The summed E-state index contributed by atoms with van der Waals surface area (Å²) in [4.78, 5) is 10.1. The average molecular weight is 258 g/mol. The molecular weight excluding hydrogens is 244 g/mol. The first kappa shape index (κ1) is 12.4. The first-order chi connectivity index (χ1) is 8.25. The SMILES string of the molecule is O=[N+]([O-])c1cc(CNCC2COCCO2)cs1. The molecule has 1 aliphatic heterocycles. The van der Waals surface area contributed by atoms with Gasteiger partial charge in [0.05, 0.1) is 30.8 Å². The minimum absolute atomic E-state index is 0.0809. The molecule has 0 bridgehead atoms. The van der Waals surface area contributed by atoms with Crippen molar-refractivity contribution in [3.63, 3.8) is 0 Å². The normalized spacial score (nSPS) is 20.4. The highest BCUT2D eigenvalue weighted by molar-refractivity contribution is 7.13. The van der Waals surface area contributed by atoms with Crippen LogP contribution in [0, 0.1) is 10.1 Å². The van der Waals surface area contributed by atoms with E-state index in [4.69, 9.17) is 9.47 Å². The van der Waals surface area contributed by atoms with Crippen LogP contribution < -0.4 is 5.32 Å². The zero-order valence-corrected chi connectivity index (χ0v) is 10.1. The Morgan fingerprint density at radius 1 is 1.59 bits per heavy atom. The minimum atomic E-state index is -0.369. The van der Waals surface area contributed by atoms with Crippen LogP contribution in [0.3, 0.4) is 0 Å². The molecule has 0 spiro atoms. The van der Waals surface area contributed by atoms with Gasteiger partial charge in [-0.25, -0.2) is 0 Å². The summed E-state index contributed by atoms with van der Waals surface area (Å²) < 4.78 is 10.7. The Kier molecular flexibility index (Phi) is 4.43. The van der Waals surface area contributed by atoms with Gasteiger partial charge in [-0.1, -0.05) is 11.3 Å². The Labute approximate surface area is 103 Å². The van der Waals surface area contributed by atoms with Crippen molar-refractivity contribution in [2.75, 3.05) is 26.4 Å². The van der Waals surface area contributed by atoms with E-state index in [1.807, 2.05) is 0 Å². The molecule has 1 aliphatic rings. The maximum Gasteiger partial charge on any atom is 0.324 e. The van der Waals surface area contributed by atoms with Crippen LogP contribution in [0.2, 0.25) is 0 Å². The van der Waals surface area contributed by atoms with Crippen LogP contribution in [0.5, 0.6) is 0 Å².